The van der Waals surface area contributed by atoms with E-state index in [1.165, 1.54) is 0 Å². The van der Waals surface area contributed by atoms with Crippen LogP contribution in [0.3, 0.4) is 0 Å². The van der Waals surface area contributed by atoms with Crippen molar-refractivity contribution in [2.24, 2.45) is 0 Å². The van der Waals surface area contributed by atoms with Gasteiger partial charge in [-0.05, 0) is 40.7 Å². The number of para-hydroxylation sites is 1. The third kappa shape index (κ3) is 5.14. The van der Waals surface area contributed by atoms with Crippen LogP contribution in [0.25, 0.3) is 0 Å². The van der Waals surface area contributed by atoms with Crippen molar-refractivity contribution in [2.45, 2.75) is 46.0 Å². The van der Waals surface area contributed by atoms with Gasteiger partial charge in [0.15, 0.2) is 0 Å². The van der Waals surface area contributed by atoms with E-state index in [4.69, 9.17) is 4.52 Å². The Morgan fingerprint density at radius 1 is 1.00 bits per heavy atom. The van der Waals surface area contributed by atoms with Crippen LogP contribution in [-0.2, 0) is 15.8 Å². The van der Waals surface area contributed by atoms with Crippen LogP contribution in [0.15, 0.2) is 42.5 Å². The van der Waals surface area contributed by atoms with Crippen LogP contribution in [0.2, 0.25) is 0 Å². The van der Waals surface area contributed by atoms with Gasteiger partial charge in [0.2, 0.25) is 5.91 Å². The summed E-state index contributed by atoms with van der Waals surface area (Å²) in [6.07, 6.45) is 0.277. The molecule has 132 valence electrons. The molecule has 0 unspecified atom stereocenters. The molecule has 0 spiro atoms. The van der Waals surface area contributed by atoms with Crippen molar-refractivity contribution in [1.29, 1.82) is 0 Å². The van der Waals surface area contributed by atoms with Crippen molar-refractivity contribution < 1.29 is 13.9 Å². The summed E-state index contributed by atoms with van der Waals surface area (Å²) in [5.41, 5.74) is 4.11. The minimum Gasteiger partial charge on any atom is -0.408 e. The topological polar surface area (TPSA) is 55.4 Å². The van der Waals surface area contributed by atoms with Gasteiger partial charge in [-0.25, -0.2) is 4.57 Å². The first-order valence-corrected chi connectivity index (χ1v) is 9.16. The van der Waals surface area contributed by atoms with Gasteiger partial charge in [0.1, 0.15) is 5.75 Å². The molecular weight excluding hydrogens is 333 g/mol. The molecule has 1 N–H and O–H groups in total. The summed E-state index contributed by atoms with van der Waals surface area (Å²) in [6, 6.07) is 13.2. The van der Waals surface area contributed by atoms with E-state index in [-0.39, 0.29) is 21.0 Å². The number of anilines is 1. The largest absolute Gasteiger partial charge is 0.408 e. The SMILES string of the molecule is CC(C)c1cccc(C(C)C)c1NC(=O)Cc1ccc(OP=O)cc1. The fourth-order valence-electron chi connectivity index (χ4n) is 2.78. The zero-order valence-electron chi connectivity index (χ0n) is 15.1. The zero-order chi connectivity index (χ0) is 18.4. The Kier molecular flexibility index (Phi) is 6.72. The molecule has 0 aromatic heterocycles. The fourth-order valence-corrected chi connectivity index (χ4v) is 2.98. The number of hydrogen-bond donors (Lipinski definition) is 1. The lowest BCUT2D eigenvalue weighted by Crippen LogP contribution is -2.17. The molecule has 2 aromatic carbocycles. The standard InChI is InChI=1S/C20H24NO3P/c1-13(2)17-6-5-7-18(14(3)4)20(17)21-19(22)12-15-8-10-16(11-9-15)24-25-23/h5-11,13-14H,12H2,1-4H3,(H,21,22). The maximum atomic E-state index is 12.5. The number of carbonyl (C=O) groups excluding carboxylic acids is 1. The molecule has 0 aliphatic carbocycles. The number of rotatable bonds is 7. The maximum Gasteiger partial charge on any atom is 0.395 e. The van der Waals surface area contributed by atoms with Crippen LogP contribution in [0.1, 0.15) is 56.2 Å². The van der Waals surface area contributed by atoms with Crippen LogP contribution < -0.4 is 9.84 Å². The highest BCUT2D eigenvalue weighted by atomic mass is 31.1. The van der Waals surface area contributed by atoms with Crippen LogP contribution in [0, 0.1) is 0 Å². The molecule has 0 aliphatic rings. The molecule has 4 nitrogen and oxygen atoms in total. The third-order valence-electron chi connectivity index (χ3n) is 4.07. The summed E-state index contributed by atoms with van der Waals surface area (Å²) in [4.78, 5) is 12.5. The Bertz CT molecular complexity index is 713. The summed E-state index contributed by atoms with van der Waals surface area (Å²) < 4.78 is 15.3. The molecule has 1 amide bonds. The summed E-state index contributed by atoms with van der Waals surface area (Å²) in [5.74, 6) is 1.12. The zero-order valence-corrected chi connectivity index (χ0v) is 16.0. The van der Waals surface area contributed by atoms with E-state index >= 15 is 0 Å². The normalized spacial score (nSPS) is 11.1. The predicted molar refractivity (Wildman–Crippen MR) is 102 cm³/mol. The van der Waals surface area contributed by atoms with Gasteiger partial charge in [-0.15, -0.1) is 0 Å². The summed E-state index contributed by atoms with van der Waals surface area (Å²) in [6.45, 7) is 8.51. The van der Waals surface area contributed by atoms with Gasteiger partial charge >= 0.3 is 8.69 Å². The lowest BCUT2D eigenvalue weighted by molar-refractivity contribution is -0.115. The van der Waals surface area contributed by atoms with Gasteiger partial charge in [0.25, 0.3) is 0 Å². The summed E-state index contributed by atoms with van der Waals surface area (Å²) >= 11 is 0. The molecule has 2 aromatic rings. The molecule has 0 saturated heterocycles. The lowest BCUT2D eigenvalue weighted by atomic mass is 9.92. The van der Waals surface area contributed by atoms with Gasteiger partial charge in [0, 0.05) is 5.69 Å². The van der Waals surface area contributed by atoms with Gasteiger partial charge in [0.05, 0.1) is 6.42 Å². The number of amides is 1. The average molecular weight is 357 g/mol. The van der Waals surface area contributed by atoms with E-state index in [0.29, 0.717) is 17.6 Å². The molecule has 0 atom stereocenters. The molecule has 0 saturated carbocycles. The molecule has 0 radical (unpaired) electrons. The Balaban J connectivity index is 2.18. The summed E-state index contributed by atoms with van der Waals surface area (Å²) in [5, 5.41) is 3.11. The first-order chi connectivity index (χ1) is 11.9. The minimum absolute atomic E-state index is 0.0504. The second-order valence-electron chi connectivity index (χ2n) is 6.66. The van der Waals surface area contributed by atoms with Crippen LogP contribution in [-0.4, -0.2) is 5.91 Å². The highest BCUT2D eigenvalue weighted by Gasteiger charge is 2.16. The number of nitrogens with one attached hydrogen (secondary N) is 1. The predicted octanol–water partition coefficient (Wildman–Crippen LogP) is 5.70. The third-order valence-corrected chi connectivity index (χ3v) is 4.35. The van der Waals surface area contributed by atoms with Gasteiger partial charge in [-0.3, -0.25) is 4.79 Å². The second-order valence-corrected chi connectivity index (χ2v) is 6.99. The van der Waals surface area contributed by atoms with Crippen LogP contribution in [0.5, 0.6) is 5.75 Å². The molecule has 5 heteroatoms. The van der Waals surface area contributed by atoms with Crippen LogP contribution >= 0.6 is 8.69 Å². The van der Waals surface area contributed by atoms with Gasteiger partial charge < -0.3 is 9.84 Å². The van der Waals surface area contributed by atoms with E-state index in [0.717, 1.165) is 22.4 Å². The van der Waals surface area contributed by atoms with Gasteiger partial charge in [-0.1, -0.05) is 58.0 Å². The van der Waals surface area contributed by atoms with E-state index in [9.17, 15) is 9.36 Å². The molecule has 0 heterocycles. The second kappa shape index (κ2) is 8.77. The van der Waals surface area contributed by atoms with Gasteiger partial charge in [-0.2, -0.15) is 0 Å². The Hall–Kier alpha value is -2.19. The van der Waals surface area contributed by atoms with Crippen molar-refractivity contribution in [1.82, 2.24) is 0 Å². The Labute approximate surface area is 150 Å². The van der Waals surface area contributed by atoms with E-state index in [1.54, 1.807) is 24.3 Å². The minimum atomic E-state index is -0.386. The Morgan fingerprint density at radius 2 is 1.56 bits per heavy atom. The summed E-state index contributed by atoms with van der Waals surface area (Å²) in [7, 11) is -0.386. The molecule has 0 aliphatic heterocycles. The van der Waals surface area contributed by atoms with E-state index in [1.807, 2.05) is 0 Å². The van der Waals surface area contributed by atoms with E-state index in [2.05, 4.69) is 51.2 Å². The quantitative estimate of drug-likeness (QED) is 0.647. The molecule has 0 fully saturated rings. The van der Waals surface area contributed by atoms with Crippen molar-refractivity contribution in [3.63, 3.8) is 0 Å². The monoisotopic (exact) mass is 357 g/mol. The highest BCUT2D eigenvalue weighted by Crippen LogP contribution is 2.32. The maximum absolute atomic E-state index is 12.5. The van der Waals surface area contributed by atoms with Crippen molar-refractivity contribution >= 4 is 20.3 Å². The first-order valence-electron chi connectivity index (χ1n) is 8.43. The smallest absolute Gasteiger partial charge is 0.395 e. The van der Waals surface area contributed by atoms with Crippen molar-refractivity contribution in [2.75, 3.05) is 5.32 Å². The number of carbonyl (C=O) groups is 1. The first kappa shape index (κ1) is 19.1. The lowest BCUT2D eigenvalue weighted by Gasteiger charge is -2.20. The molecule has 25 heavy (non-hydrogen) atoms. The fraction of sp³-hybridized carbons (Fsp3) is 0.350. The highest BCUT2D eigenvalue weighted by molar-refractivity contribution is 7.17. The molecule has 2 rings (SSSR count). The number of benzene rings is 2. The Morgan fingerprint density at radius 3 is 2.04 bits per heavy atom. The van der Waals surface area contributed by atoms with Crippen LogP contribution in [0.4, 0.5) is 5.69 Å². The molecular formula is C20H24NO3P. The van der Waals surface area contributed by atoms with Crippen molar-refractivity contribution in [3.8, 4) is 5.75 Å². The molecule has 0 bridgehead atoms. The van der Waals surface area contributed by atoms with Crippen molar-refractivity contribution in [3.05, 3.63) is 59.2 Å². The van der Waals surface area contributed by atoms with E-state index < -0.39 is 0 Å². The average Bonchev–Trinajstić information content (AvgIpc) is 2.56. The number of hydrogen-bond acceptors (Lipinski definition) is 3.